The zero-order valence-electron chi connectivity index (χ0n) is 6.84. The molecular formula is C4H11N3O5P+. The number of carboxylic acid groups (broad SMARTS) is 1. The zero-order valence-corrected chi connectivity index (χ0v) is 7.73. The lowest BCUT2D eigenvalue weighted by Gasteiger charge is -2.04. The van der Waals surface area contributed by atoms with E-state index in [-0.39, 0.29) is 0 Å². The van der Waals surface area contributed by atoms with Gasteiger partial charge in [0.05, 0.1) is 7.05 Å². The van der Waals surface area contributed by atoms with Gasteiger partial charge in [-0.2, -0.15) is 5.09 Å². The first-order valence-electron chi connectivity index (χ1n) is 3.11. The molecule has 76 valence electrons. The quantitative estimate of drug-likeness (QED) is 0.154. The van der Waals surface area contributed by atoms with Crippen molar-refractivity contribution in [2.75, 3.05) is 13.6 Å². The lowest BCUT2D eigenvalue weighted by molar-refractivity contribution is -0.490. The number of rotatable bonds is 3. The van der Waals surface area contributed by atoms with Crippen molar-refractivity contribution in [1.82, 2.24) is 5.09 Å². The molecule has 0 atom stereocenters. The minimum atomic E-state index is -4.47. The molecule has 0 aliphatic heterocycles. The predicted molar refractivity (Wildman–Crippen MR) is 43.1 cm³/mol. The second-order valence-corrected chi connectivity index (χ2v) is 3.60. The van der Waals surface area contributed by atoms with Gasteiger partial charge in [-0.3, -0.25) is 20.1 Å². The molecule has 0 aliphatic rings. The third-order valence-corrected chi connectivity index (χ3v) is 1.56. The van der Waals surface area contributed by atoms with Crippen LogP contribution in [0.2, 0.25) is 0 Å². The average molecular weight is 212 g/mol. The van der Waals surface area contributed by atoms with Crippen LogP contribution in [0.3, 0.4) is 0 Å². The molecule has 0 spiro atoms. The molecule has 0 saturated heterocycles. The molecule has 9 heteroatoms. The molecule has 8 nitrogen and oxygen atoms in total. The van der Waals surface area contributed by atoms with E-state index >= 15 is 0 Å². The number of likely N-dealkylation sites (N-methyl/N-ethyl adjacent to an activating group) is 1. The van der Waals surface area contributed by atoms with Crippen molar-refractivity contribution in [3.8, 4) is 0 Å². The highest BCUT2D eigenvalue weighted by molar-refractivity contribution is 7.50. The summed E-state index contributed by atoms with van der Waals surface area (Å²) in [5, 5.41) is 9.95. The number of nitrogens with zero attached hydrogens (tertiary/aromatic N) is 1. The summed E-state index contributed by atoms with van der Waals surface area (Å²) in [6.45, 7) is -0.446. The van der Waals surface area contributed by atoms with Crippen LogP contribution >= 0.6 is 7.75 Å². The average Bonchev–Trinajstić information content (AvgIpc) is 1.81. The van der Waals surface area contributed by atoms with Gasteiger partial charge in [-0.15, -0.1) is 0 Å². The number of nitrogens with two attached hydrogens (primary N) is 1. The van der Waals surface area contributed by atoms with Crippen molar-refractivity contribution in [2.24, 2.45) is 5.73 Å². The van der Waals surface area contributed by atoms with Gasteiger partial charge in [-0.25, -0.2) is 9.36 Å². The van der Waals surface area contributed by atoms with Gasteiger partial charge in [0, 0.05) is 0 Å². The van der Waals surface area contributed by atoms with Crippen molar-refractivity contribution >= 4 is 19.7 Å². The Morgan fingerprint density at radius 2 is 2.08 bits per heavy atom. The van der Waals surface area contributed by atoms with Crippen molar-refractivity contribution in [1.29, 1.82) is 0 Å². The summed E-state index contributed by atoms with van der Waals surface area (Å²) < 4.78 is 11.3. The predicted octanol–water partition coefficient (Wildman–Crippen LogP) is -2.29. The number of carboxylic acids is 1. The Morgan fingerprint density at radius 3 is 2.38 bits per heavy atom. The molecule has 0 aliphatic carbocycles. The van der Waals surface area contributed by atoms with Gasteiger partial charge in [0.2, 0.25) is 0 Å². The summed E-state index contributed by atoms with van der Waals surface area (Å²) in [5.74, 6) is -1.55. The van der Waals surface area contributed by atoms with E-state index in [9.17, 15) is 9.36 Å². The molecule has 0 rings (SSSR count). The topological polar surface area (TPSA) is 136 Å². The first-order valence-corrected chi connectivity index (χ1v) is 4.73. The third-order valence-electron chi connectivity index (χ3n) is 1.04. The Kier molecular flexibility index (Phi) is 3.86. The molecule has 0 heterocycles. The summed E-state index contributed by atoms with van der Waals surface area (Å²) in [5.41, 5.74) is 5.13. The van der Waals surface area contributed by atoms with Crippen LogP contribution in [0.15, 0.2) is 0 Å². The van der Waals surface area contributed by atoms with E-state index in [1.165, 1.54) is 7.05 Å². The van der Waals surface area contributed by atoms with Crippen LogP contribution in [0.25, 0.3) is 0 Å². The van der Waals surface area contributed by atoms with Crippen LogP contribution < -0.4 is 10.8 Å². The number of guanidine groups is 1. The smallest absolute Gasteiger partial charge is 0.479 e. The summed E-state index contributed by atoms with van der Waals surface area (Å²) in [6, 6.07) is 0. The monoisotopic (exact) mass is 212 g/mol. The molecule has 13 heavy (non-hydrogen) atoms. The van der Waals surface area contributed by atoms with Crippen molar-refractivity contribution < 1.29 is 28.8 Å². The molecule has 0 aromatic carbocycles. The fourth-order valence-electron chi connectivity index (χ4n) is 0.523. The maximum atomic E-state index is 10.3. The van der Waals surface area contributed by atoms with Crippen LogP contribution in [0.4, 0.5) is 0 Å². The molecule has 0 unspecified atom stereocenters. The molecule has 6 N–H and O–H groups in total. The van der Waals surface area contributed by atoms with Gasteiger partial charge in [0.15, 0.2) is 6.54 Å². The van der Waals surface area contributed by atoms with E-state index in [4.69, 9.17) is 20.6 Å². The minimum absolute atomic E-state index is 0.393. The van der Waals surface area contributed by atoms with E-state index in [2.05, 4.69) is 0 Å². The van der Waals surface area contributed by atoms with Gasteiger partial charge in [-0.1, -0.05) is 0 Å². The van der Waals surface area contributed by atoms with Gasteiger partial charge < -0.3 is 5.11 Å². The van der Waals surface area contributed by atoms with Crippen LogP contribution in [0.5, 0.6) is 0 Å². The summed E-state index contributed by atoms with van der Waals surface area (Å²) >= 11 is 0. The standard InChI is InChI=1S/C4H10N3O5P/c1-7(2-3(8)9)4(5)6-13(10,11)12/h2H2,1H3,(H5,5,6,8,9,10,11,12)/p+1. The number of nitrogens with one attached hydrogen (secondary N) is 1. The minimum Gasteiger partial charge on any atom is -0.479 e. The lowest BCUT2D eigenvalue weighted by Crippen LogP contribution is -2.39. The Morgan fingerprint density at radius 1 is 1.62 bits per heavy atom. The molecule has 0 saturated carbocycles. The SMILES string of the molecule is C[N+](CC(=O)O)=C(N)NP(=O)(O)O. The Balaban J connectivity index is 4.45. The number of carbonyl (C=O) groups is 1. The number of hydrogen-bond donors (Lipinski definition) is 5. The van der Waals surface area contributed by atoms with Crippen LogP contribution in [-0.2, 0) is 9.36 Å². The normalized spacial score (nSPS) is 13.5. The molecule has 0 aromatic heterocycles. The summed E-state index contributed by atoms with van der Waals surface area (Å²) in [4.78, 5) is 26.9. The first-order chi connectivity index (χ1) is 5.72. The second kappa shape index (κ2) is 4.22. The number of hydrogen-bond acceptors (Lipinski definition) is 2. The molecule has 0 fully saturated rings. The fraction of sp³-hybridized carbons (Fsp3) is 0.500. The van der Waals surface area contributed by atoms with E-state index in [1.54, 1.807) is 5.09 Å². The summed E-state index contributed by atoms with van der Waals surface area (Å²) in [7, 11) is -3.18. The van der Waals surface area contributed by atoms with Gasteiger partial charge in [0.1, 0.15) is 0 Å². The first kappa shape index (κ1) is 11.9. The van der Waals surface area contributed by atoms with E-state index in [0.29, 0.717) is 0 Å². The Labute approximate surface area is 73.9 Å². The van der Waals surface area contributed by atoms with Crippen molar-refractivity contribution in [3.05, 3.63) is 0 Å². The van der Waals surface area contributed by atoms with Gasteiger partial charge in [-0.05, 0) is 0 Å². The highest BCUT2D eigenvalue weighted by Gasteiger charge is 2.21. The van der Waals surface area contributed by atoms with Crippen LogP contribution in [0.1, 0.15) is 0 Å². The highest BCUT2D eigenvalue weighted by Crippen LogP contribution is 2.26. The molecular weight excluding hydrogens is 201 g/mol. The van der Waals surface area contributed by atoms with E-state index in [1.807, 2.05) is 0 Å². The summed E-state index contributed by atoms with van der Waals surface area (Å²) in [6.07, 6.45) is 0. The van der Waals surface area contributed by atoms with Crippen LogP contribution in [0, 0.1) is 0 Å². The molecule has 0 radical (unpaired) electrons. The third kappa shape index (κ3) is 6.09. The van der Waals surface area contributed by atoms with E-state index < -0.39 is 26.2 Å². The Bertz CT molecular complexity index is 282. The largest absolute Gasteiger partial charge is 0.489 e. The van der Waals surface area contributed by atoms with Gasteiger partial charge in [0.25, 0.3) is 0 Å². The maximum Gasteiger partial charge on any atom is 0.489 e. The van der Waals surface area contributed by atoms with Crippen molar-refractivity contribution in [2.45, 2.75) is 0 Å². The molecule has 0 amide bonds. The fourth-order valence-corrected chi connectivity index (χ4v) is 0.992. The van der Waals surface area contributed by atoms with E-state index in [0.717, 1.165) is 4.58 Å². The number of aliphatic carboxylic acids is 1. The van der Waals surface area contributed by atoms with Crippen LogP contribution in [-0.4, -0.2) is 45.0 Å². The maximum absolute atomic E-state index is 10.3. The zero-order chi connectivity index (χ0) is 10.6. The van der Waals surface area contributed by atoms with Gasteiger partial charge >= 0.3 is 19.7 Å². The van der Waals surface area contributed by atoms with Crippen molar-refractivity contribution in [3.63, 3.8) is 0 Å². The highest BCUT2D eigenvalue weighted by atomic mass is 31.2. The molecule has 0 bridgehead atoms. The second-order valence-electron chi connectivity index (χ2n) is 2.29. The molecule has 0 aromatic rings. The lowest BCUT2D eigenvalue weighted by atomic mass is 10.6. The Hall–Kier alpha value is -1.11.